The Kier molecular flexibility index (Phi) is 2.52. The molecular weight excluding hydrogens is 258 g/mol. The zero-order chi connectivity index (χ0) is 12.7. The van der Waals surface area contributed by atoms with E-state index in [1.165, 1.54) is 17.4 Å². The van der Waals surface area contributed by atoms with Gasteiger partial charge in [0.05, 0.1) is 12.6 Å². The molecule has 0 aliphatic rings. The van der Waals surface area contributed by atoms with Crippen LogP contribution in [0.25, 0.3) is 21.7 Å². The number of imidazole rings is 1. The molecule has 3 aromatic rings. The number of benzene rings is 1. The molecule has 92 valence electrons. The predicted octanol–water partition coefficient (Wildman–Crippen LogP) is 3.58. The summed E-state index contributed by atoms with van der Waals surface area (Å²) in [6.07, 6.45) is 0. The molecule has 1 aromatic carbocycles. The van der Waals surface area contributed by atoms with E-state index in [0.29, 0.717) is 17.1 Å². The molecule has 2 aromatic heterocycles. The van der Waals surface area contributed by atoms with Gasteiger partial charge in [0.15, 0.2) is 11.6 Å². The minimum absolute atomic E-state index is 0.127. The Bertz CT molecular complexity index is 720. The molecule has 0 radical (unpaired) electrons. The number of halogens is 2. The van der Waals surface area contributed by atoms with Crippen molar-refractivity contribution in [2.24, 2.45) is 0 Å². The third kappa shape index (κ3) is 1.65. The van der Waals surface area contributed by atoms with Gasteiger partial charge >= 0.3 is 0 Å². The molecule has 0 atom stereocenters. The number of H-pyrrole nitrogens is 1. The number of fused-ring (bicyclic) bond motifs is 1. The summed E-state index contributed by atoms with van der Waals surface area (Å²) in [7, 11) is 1.55. The molecule has 1 N–H and O–H groups in total. The van der Waals surface area contributed by atoms with Gasteiger partial charge < -0.3 is 9.72 Å². The van der Waals surface area contributed by atoms with Crippen LogP contribution in [0.1, 0.15) is 0 Å². The van der Waals surface area contributed by atoms with Crippen LogP contribution in [-0.4, -0.2) is 17.1 Å². The Morgan fingerprint density at radius 3 is 2.94 bits per heavy atom. The molecular formula is C12H8F2N2OS. The summed E-state index contributed by atoms with van der Waals surface area (Å²) in [5, 5.41) is 1.85. The lowest BCUT2D eigenvalue weighted by atomic mass is 10.3. The molecule has 3 rings (SSSR count). The van der Waals surface area contributed by atoms with E-state index in [9.17, 15) is 8.78 Å². The maximum absolute atomic E-state index is 13.5. The predicted molar refractivity (Wildman–Crippen MR) is 65.9 cm³/mol. The van der Waals surface area contributed by atoms with Crippen molar-refractivity contribution in [1.29, 1.82) is 0 Å². The number of ether oxygens (including phenoxy) is 1. The topological polar surface area (TPSA) is 37.9 Å². The molecule has 6 heteroatoms. The highest BCUT2D eigenvalue weighted by atomic mass is 32.1. The van der Waals surface area contributed by atoms with Gasteiger partial charge in [0, 0.05) is 6.07 Å². The van der Waals surface area contributed by atoms with Gasteiger partial charge in [-0.1, -0.05) is 0 Å². The average molecular weight is 266 g/mol. The van der Waals surface area contributed by atoms with Crippen molar-refractivity contribution >= 4 is 22.4 Å². The number of hydrogen-bond donors (Lipinski definition) is 1. The summed E-state index contributed by atoms with van der Waals surface area (Å²) in [5.74, 6) is -0.183. The fourth-order valence-electron chi connectivity index (χ4n) is 1.78. The van der Waals surface area contributed by atoms with E-state index in [2.05, 4.69) is 9.97 Å². The van der Waals surface area contributed by atoms with E-state index in [0.717, 1.165) is 10.9 Å². The first kappa shape index (κ1) is 11.2. The molecule has 0 spiro atoms. The van der Waals surface area contributed by atoms with Crippen LogP contribution in [0.4, 0.5) is 8.78 Å². The van der Waals surface area contributed by atoms with Crippen LogP contribution in [0.3, 0.4) is 0 Å². The molecule has 0 bridgehead atoms. The van der Waals surface area contributed by atoms with Crippen molar-refractivity contribution in [1.82, 2.24) is 9.97 Å². The maximum atomic E-state index is 13.5. The van der Waals surface area contributed by atoms with Crippen LogP contribution in [0, 0.1) is 11.6 Å². The Hall–Kier alpha value is -1.95. The molecule has 0 aliphatic carbocycles. The van der Waals surface area contributed by atoms with Crippen LogP contribution >= 0.6 is 11.3 Å². The highest BCUT2D eigenvalue weighted by Crippen LogP contribution is 2.34. The first-order chi connectivity index (χ1) is 8.69. The molecule has 0 amide bonds. The summed E-state index contributed by atoms with van der Waals surface area (Å²) >= 11 is 1.42. The van der Waals surface area contributed by atoms with Gasteiger partial charge in [-0.15, -0.1) is 11.3 Å². The molecule has 0 aliphatic heterocycles. The number of methoxy groups -OCH3 is 1. The van der Waals surface area contributed by atoms with Crippen molar-refractivity contribution in [2.45, 2.75) is 0 Å². The van der Waals surface area contributed by atoms with Crippen molar-refractivity contribution in [3.63, 3.8) is 0 Å². The van der Waals surface area contributed by atoms with E-state index < -0.39 is 11.6 Å². The fourth-order valence-corrected chi connectivity index (χ4v) is 2.58. The van der Waals surface area contributed by atoms with Crippen molar-refractivity contribution < 1.29 is 13.5 Å². The number of thiophene rings is 1. The van der Waals surface area contributed by atoms with Crippen molar-refractivity contribution in [3.8, 4) is 16.5 Å². The SMILES string of the molecule is COc1ccsc1-c1nc2c(F)cc(F)cc2[nH]1. The summed E-state index contributed by atoms with van der Waals surface area (Å²) in [6.45, 7) is 0. The van der Waals surface area contributed by atoms with Crippen molar-refractivity contribution in [2.75, 3.05) is 7.11 Å². The number of nitrogens with one attached hydrogen (secondary N) is 1. The van der Waals surface area contributed by atoms with E-state index in [1.807, 2.05) is 5.38 Å². The highest BCUT2D eigenvalue weighted by Gasteiger charge is 2.14. The summed E-state index contributed by atoms with van der Waals surface area (Å²) in [4.78, 5) is 7.79. The van der Waals surface area contributed by atoms with Crippen LogP contribution in [0.2, 0.25) is 0 Å². The van der Waals surface area contributed by atoms with Gasteiger partial charge in [-0.2, -0.15) is 0 Å². The molecule has 0 fully saturated rings. The minimum Gasteiger partial charge on any atom is -0.495 e. The Morgan fingerprint density at radius 2 is 2.17 bits per heavy atom. The van der Waals surface area contributed by atoms with Gasteiger partial charge in [0.2, 0.25) is 0 Å². The van der Waals surface area contributed by atoms with Crippen LogP contribution in [0.15, 0.2) is 23.6 Å². The Labute approximate surface area is 105 Å². The standard InChI is InChI=1S/C12H8F2N2OS/c1-17-9-2-3-18-11(9)12-15-8-5-6(13)4-7(14)10(8)16-12/h2-5H,1H3,(H,15,16). The lowest BCUT2D eigenvalue weighted by Gasteiger charge is -1.97. The second-order valence-corrected chi connectivity index (χ2v) is 4.60. The van der Waals surface area contributed by atoms with Gasteiger partial charge in [-0.25, -0.2) is 13.8 Å². The summed E-state index contributed by atoms with van der Waals surface area (Å²) in [5.41, 5.74) is 0.458. The van der Waals surface area contributed by atoms with Gasteiger partial charge in [0.1, 0.15) is 22.0 Å². The van der Waals surface area contributed by atoms with Crippen molar-refractivity contribution in [3.05, 3.63) is 35.2 Å². The van der Waals surface area contributed by atoms with Gasteiger partial charge in [-0.05, 0) is 17.5 Å². The first-order valence-corrected chi connectivity index (χ1v) is 6.03. The molecule has 0 unspecified atom stereocenters. The number of rotatable bonds is 2. The van der Waals surface area contributed by atoms with Gasteiger partial charge in [0.25, 0.3) is 0 Å². The molecule has 0 saturated carbocycles. The number of aromatic amines is 1. The molecule has 3 nitrogen and oxygen atoms in total. The minimum atomic E-state index is -0.678. The Morgan fingerprint density at radius 1 is 1.33 bits per heavy atom. The molecule has 18 heavy (non-hydrogen) atoms. The lowest BCUT2D eigenvalue weighted by Crippen LogP contribution is -1.83. The monoisotopic (exact) mass is 266 g/mol. The van der Waals surface area contributed by atoms with E-state index in [1.54, 1.807) is 13.2 Å². The molecule has 0 saturated heterocycles. The van der Waals surface area contributed by atoms with E-state index >= 15 is 0 Å². The largest absolute Gasteiger partial charge is 0.495 e. The van der Waals surface area contributed by atoms with Crippen LogP contribution in [0.5, 0.6) is 5.75 Å². The number of nitrogens with zero attached hydrogens (tertiary/aromatic N) is 1. The van der Waals surface area contributed by atoms with Gasteiger partial charge in [-0.3, -0.25) is 0 Å². The third-order valence-electron chi connectivity index (χ3n) is 2.57. The second-order valence-electron chi connectivity index (χ2n) is 3.69. The third-order valence-corrected chi connectivity index (χ3v) is 3.47. The zero-order valence-electron chi connectivity index (χ0n) is 9.33. The maximum Gasteiger partial charge on any atom is 0.153 e. The zero-order valence-corrected chi connectivity index (χ0v) is 10.1. The van der Waals surface area contributed by atoms with E-state index in [-0.39, 0.29) is 5.52 Å². The smallest absolute Gasteiger partial charge is 0.153 e. The molecule has 2 heterocycles. The summed E-state index contributed by atoms with van der Waals surface area (Å²) in [6, 6.07) is 3.83. The van der Waals surface area contributed by atoms with Crippen LogP contribution < -0.4 is 4.74 Å². The Balaban J connectivity index is 2.22. The highest BCUT2D eigenvalue weighted by molar-refractivity contribution is 7.13. The average Bonchev–Trinajstić information content (AvgIpc) is 2.92. The normalized spacial score (nSPS) is 11.1. The summed E-state index contributed by atoms with van der Waals surface area (Å²) < 4.78 is 31.8. The first-order valence-electron chi connectivity index (χ1n) is 5.15. The second kappa shape index (κ2) is 4.06. The number of aromatic nitrogens is 2. The lowest BCUT2D eigenvalue weighted by molar-refractivity contribution is 0.418. The quantitative estimate of drug-likeness (QED) is 0.770. The van der Waals surface area contributed by atoms with Crippen LogP contribution in [-0.2, 0) is 0 Å². The fraction of sp³-hybridized carbons (Fsp3) is 0.0833. The number of hydrogen-bond acceptors (Lipinski definition) is 3. The van der Waals surface area contributed by atoms with E-state index in [4.69, 9.17) is 4.74 Å².